The molecule has 1 aliphatic rings. The Bertz CT molecular complexity index is 953. The molecule has 2 aromatic heterocycles. The third-order valence-electron chi connectivity index (χ3n) is 4.32. The Morgan fingerprint density at radius 1 is 1.39 bits per heavy atom. The third kappa shape index (κ3) is 2.36. The lowest BCUT2D eigenvalue weighted by atomic mass is 10.1. The summed E-state index contributed by atoms with van der Waals surface area (Å²) in [5.41, 5.74) is 7.70. The number of nitrogens with two attached hydrogens (primary N) is 1. The van der Waals surface area contributed by atoms with Gasteiger partial charge in [0, 0.05) is 29.4 Å². The number of H-pyrrole nitrogens is 1. The zero-order valence-corrected chi connectivity index (χ0v) is 13.5. The summed E-state index contributed by atoms with van der Waals surface area (Å²) >= 11 is 6.25. The molecule has 23 heavy (non-hydrogen) atoms. The summed E-state index contributed by atoms with van der Waals surface area (Å²) in [7, 11) is 0. The molecule has 2 heterocycles. The van der Waals surface area contributed by atoms with Gasteiger partial charge >= 0.3 is 0 Å². The highest BCUT2D eigenvalue weighted by atomic mass is 35.5. The van der Waals surface area contributed by atoms with Crippen molar-refractivity contribution < 1.29 is 0 Å². The van der Waals surface area contributed by atoms with Crippen molar-refractivity contribution in [2.75, 3.05) is 0 Å². The molecule has 1 fully saturated rings. The largest absolute Gasteiger partial charge is 0.323 e. The molecule has 5 nitrogen and oxygen atoms in total. The third-order valence-corrected chi connectivity index (χ3v) is 4.64. The van der Waals surface area contributed by atoms with Crippen molar-refractivity contribution in [3.8, 4) is 5.82 Å². The van der Waals surface area contributed by atoms with Crippen molar-refractivity contribution in [2.45, 2.75) is 31.7 Å². The number of rotatable bonds is 3. The Balaban J connectivity index is 2.02. The monoisotopic (exact) mass is 328 g/mol. The van der Waals surface area contributed by atoms with Gasteiger partial charge in [-0.2, -0.15) is 5.10 Å². The van der Waals surface area contributed by atoms with E-state index in [0.29, 0.717) is 22.1 Å². The van der Waals surface area contributed by atoms with E-state index in [9.17, 15) is 4.79 Å². The van der Waals surface area contributed by atoms with Gasteiger partial charge in [-0.15, -0.1) is 0 Å². The Morgan fingerprint density at radius 2 is 2.17 bits per heavy atom. The molecule has 3 N–H and O–H groups in total. The lowest BCUT2D eigenvalue weighted by Gasteiger charge is -2.15. The van der Waals surface area contributed by atoms with E-state index in [1.807, 2.05) is 31.2 Å². The molecule has 6 heteroatoms. The summed E-state index contributed by atoms with van der Waals surface area (Å²) in [6, 6.07) is 8.98. The maximum atomic E-state index is 13.0. The van der Waals surface area contributed by atoms with Gasteiger partial charge in [0.1, 0.15) is 0 Å². The molecule has 1 aromatic carbocycles. The number of aromatic nitrogens is 3. The summed E-state index contributed by atoms with van der Waals surface area (Å²) in [5, 5.41) is 9.10. The van der Waals surface area contributed by atoms with Crippen LogP contribution in [0.1, 0.15) is 43.1 Å². The van der Waals surface area contributed by atoms with Crippen LogP contribution < -0.4 is 11.3 Å². The molecular formula is C17H17ClN4O. The zero-order chi connectivity index (χ0) is 16.1. The highest BCUT2D eigenvalue weighted by Crippen LogP contribution is 2.39. The number of fused-ring (bicyclic) bond motifs is 1. The number of nitrogens with zero attached hydrogens (tertiary/aromatic N) is 2. The van der Waals surface area contributed by atoms with E-state index >= 15 is 0 Å². The standard InChI is InChI=1S/C17H17ClN4O/c1-9(19)14-7-11-3-2-4-12(18)16(11)17(23)22(14)15-8-13(20-21-15)10-5-6-10/h2-4,7-10H,5-6,19H2,1H3,(H,20,21)/t9-/m0/s1. The first-order chi connectivity index (χ1) is 11.1. The Labute approximate surface area is 138 Å². The molecule has 0 bridgehead atoms. The second-order valence-electron chi connectivity index (χ2n) is 6.16. The van der Waals surface area contributed by atoms with E-state index in [0.717, 1.165) is 16.8 Å². The van der Waals surface area contributed by atoms with Crippen molar-refractivity contribution >= 4 is 22.4 Å². The van der Waals surface area contributed by atoms with Crippen LogP contribution in [0, 0.1) is 0 Å². The number of hydrogen-bond acceptors (Lipinski definition) is 3. The molecule has 0 saturated heterocycles. The minimum atomic E-state index is -0.299. The molecule has 118 valence electrons. The van der Waals surface area contributed by atoms with Gasteiger partial charge in [0.15, 0.2) is 5.82 Å². The van der Waals surface area contributed by atoms with Crippen LogP contribution in [0.5, 0.6) is 0 Å². The maximum absolute atomic E-state index is 13.0. The highest BCUT2D eigenvalue weighted by molar-refractivity contribution is 6.35. The van der Waals surface area contributed by atoms with E-state index in [1.54, 1.807) is 10.6 Å². The number of benzene rings is 1. The summed E-state index contributed by atoms with van der Waals surface area (Å²) < 4.78 is 1.57. The van der Waals surface area contributed by atoms with Gasteiger partial charge in [0.25, 0.3) is 5.56 Å². The smallest absolute Gasteiger partial charge is 0.265 e. The molecule has 0 radical (unpaired) electrons. The molecule has 0 unspecified atom stereocenters. The van der Waals surface area contributed by atoms with Crippen molar-refractivity contribution in [1.82, 2.24) is 14.8 Å². The predicted octanol–water partition coefficient (Wildman–Crippen LogP) is 3.26. The second kappa shape index (κ2) is 5.22. The molecule has 1 atom stereocenters. The van der Waals surface area contributed by atoms with E-state index in [1.165, 1.54) is 12.8 Å². The van der Waals surface area contributed by atoms with Crippen molar-refractivity contribution in [3.63, 3.8) is 0 Å². The number of aromatic amines is 1. The van der Waals surface area contributed by atoms with Crippen LogP contribution in [-0.2, 0) is 0 Å². The lowest BCUT2D eigenvalue weighted by molar-refractivity contribution is 0.724. The topological polar surface area (TPSA) is 76.7 Å². The maximum Gasteiger partial charge on any atom is 0.265 e. The van der Waals surface area contributed by atoms with E-state index in [2.05, 4.69) is 10.2 Å². The summed E-state index contributed by atoms with van der Waals surface area (Å²) in [4.78, 5) is 13.0. The average molecular weight is 329 g/mol. The quantitative estimate of drug-likeness (QED) is 0.774. The second-order valence-corrected chi connectivity index (χ2v) is 6.57. The van der Waals surface area contributed by atoms with Crippen molar-refractivity contribution in [1.29, 1.82) is 0 Å². The van der Waals surface area contributed by atoms with Gasteiger partial charge in [-0.25, -0.2) is 0 Å². The van der Waals surface area contributed by atoms with Crippen molar-refractivity contribution in [2.24, 2.45) is 5.73 Å². The van der Waals surface area contributed by atoms with Crippen LogP contribution in [0.25, 0.3) is 16.6 Å². The Morgan fingerprint density at radius 3 is 2.87 bits per heavy atom. The number of pyridine rings is 1. The van der Waals surface area contributed by atoms with E-state index in [-0.39, 0.29) is 11.6 Å². The Kier molecular flexibility index (Phi) is 3.28. The minimum absolute atomic E-state index is 0.186. The first-order valence-electron chi connectivity index (χ1n) is 7.71. The molecule has 4 rings (SSSR count). The molecule has 1 aliphatic carbocycles. The SMILES string of the molecule is C[C@H](N)c1cc2cccc(Cl)c2c(=O)n1-c1cc(C2CC2)[nH]n1. The van der Waals surface area contributed by atoms with Gasteiger partial charge < -0.3 is 5.73 Å². The Hall–Kier alpha value is -2.11. The fourth-order valence-corrected chi connectivity index (χ4v) is 3.22. The summed E-state index contributed by atoms with van der Waals surface area (Å²) in [6.07, 6.45) is 2.33. The lowest BCUT2D eigenvalue weighted by Crippen LogP contribution is -2.26. The summed E-state index contributed by atoms with van der Waals surface area (Å²) in [5.74, 6) is 1.11. The van der Waals surface area contributed by atoms with Crippen LogP contribution in [0.3, 0.4) is 0 Å². The molecular weight excluding hydrogens is 312 g/mol. The summed E-state index contributed by atoms with van der Waals surface area (Å²) in [6.45, 7) is 1.86. The molecule has 0 aliphatic heterocycles. The molecule has 1 saturated carbocycles. The first-order valence-corrected chi connectivity index (χ1v) is 8.09. The van der Waals surface area contributed by atoms with Crippen LogP contribution in [0.2, 0.25) is 5.02 Å². The number of hydrogen-bond donors (Lipinski definition) is 2. The number of halogens is 1. The van der Waals surface area contributed by atoms with Gasteiger partial charge in [0.2, 0.25) is 0 Å². The van der Waals surface area contributed by atoms with Crippen molar-refractivity contribution in [3.05, 3.63) is 57.1 Å². The van der Waals surface area contributed by atoms with Crippen LogP contribution in [-0.4, -0.2) is 14.8 Å². The zero-order valence-electron chi connectivity index (χ0n) is 12.7. The number of nitrogens with one attached hydrogen (secondary N) is 1. The normalized spacial score (nSPS) is 16.0. The van der Waals surface area contributed by atoms with Crippen LogP contribution >= 0.6 is 11.6 Å². The van der Waals surface area contributed by atoms with Gasteiger partial charge in [-0.3, -0.25) is 14.5 Å². The highest BCUT2D eigenvalue weighted by Gasteiger charge is 2.26. The average Bonchev–Trinajstić information content (AvgIpc) is 3.25. The van der Waals surface area contributed by atoms with Crippen LogP contribution in [0.15, 0.2) is 35.1 Å². The van der Waals surface area contributed by atoms with Gasteiger partial charge in [0.05, 0.1) is 10.4 Å². The van der Waals surface area contributed by atoms with E-state index in [4.69, 9.17) is 17.3 Å². The molecule has 3 aromatic rings. The molecule has 0 spiro atoms. The predicted molar refractivity (Wildman–Crippen MR) is 91.3 cm³/mol. The minimum Gasteiger partial charge on any atom is -0.323 e. The molecule has 0 amide bonds. The van der Waals surface area contributed by atoms with Gasteiger partial charge in [-0.05, 0) is 37.3 Å². The first kappa shape index (κ1) is 14.5. The fraction of sp³-hybridized carbons (Fsp3) is 0.294. The van der Waals surface area contributed by atoms with E-state index < -0.39 is 0 Å². The fourth-order valence-electron chi connectivity index (χ4n) is 2.95. The van der Waals surface area contributed by atoms with Gasteiger partial charge in [-0.1, -0.05) is 23.7 Å². The van der Waals surface area contributed by atoms with Crippen LogP contribution in [0.4, 0.5) is 0 Å².